The van der Waals surface area contributed by atoms with Crippen molar-refractivity contribution < 1.29 is 9.63 Å². The number of carbonyl (C=O) groups is 1. The van der Waals surface area contributed by atoms with E-state index in [4.69, 9.17) is 4.84 Å². The molecule has 1 unspecified atom stereocenters. The first-order valence-corrected chi connectivity index (χ1v) is 6.52. The van der Waals surface area contributed by atoms with E-state index in [1.54, 1.807) is 6.20 Å². The Hall–Kier alpha value is -2.40. The van der Waals surface area contributed by atoms with E-state index in [0.29, 0.717) is 6.47 Å². The number of carbonyl (C=O) groups excluding carboxylic acids is 1. The molecule has 0 amide bonds. The second-order valence-corrected chi connectivity index (χ2v) is 4.57. The monoisotopic (exact) mass is 269 g/mol. The van der Waals surface area contributed by atoms with Crippen LogP contribution in [0.5, 0.6) is 0 Å². The number of nitrogens with zero attached hydrogens (tertiary/aromatic N) is 2. The molecular weight excluding hydrogens is 254 g/mol. The third-order valence-corrected chi connectivity index (χ3v) is 3.43. The van der Waals surface area contributed by atoms with Crippen LogP contribution in [0.25, 0.3) is 0 Å². The molecule has 0 aliphatic carbocycles. The molecule has 0 bridgehead atoms. The zero-order chi connectivity index (χ0) is 13.8. The third kappa shape index (κ3) is 2.35. The SMILES string of the molecule is O=CONC1CCN(c2ccccn2)c2ccccc21. The van der Waals surface area contributed by atoms with Gasteiger partial charge in [0.2, 0.25) is 0 Å². The number of hydrogen-bond acceptors (Lipinski definition) is 5. The van der Waals surface area contributed by atoms with Crippen LogP contribution in [0.4, 0.5) is 11.5 Å². The van der Waals surface area contributed by atoms with E-state index in [1.807, 2.05) is 36.4 Å². The summed E-state index contributed by atoms with van der Waals surface area (Å²) in [5.41, 5.74) is 4.97. The molecule has 2 aromatic rings. The Morgan fingerprint density at radius 3 is 2.90 bits per heavy atom. The van der Waals surface area contributed by atoms with Gasteiger partial charge >= 0.3 is 6.47 Å². The smallest absolute Gasteiger partial charge is 0.312 e. The Morgan fingerprint density at radius 2 is 2.10 bits per heavy atom. The van der Waals surface area contributed by atoms with Crippen molar-refractivity contribution >= 4 is 18.0 Å². The van der Waals surface area contributed by atoms with Crippen LogP contribution in [0.2, 0.25) is 0 Å². The summed E-state index contributed by atoms with van der Waals surface area (Å²) in [7, 11) is 0. The van der Waals surface area contributed by atoms with Crippen molar-refractivity contribution in [3.05, 3.63) is 54.2 Å². The van der Waals surface area contributed by atoms with Crippen LogP contribution < -0.4 is 10.4 Å². The molecule has 0 fully saturated rings. The highest BCUT2D eigenvalue weighted by atomic mass is 16.7. The molecular formula is C15H15N3O2. The zero-order valence-electron chi connectivity index (χ0n) is 10.9. The average molecular weight is 269 g/mol. The molecule has 0 saturated carbocycles. The maximum absolute atomic E-state index is 10.3. The number of para-hydroxylation sites is 1. The fourth-order valence-corrected chi connectivity index (χ4v) is 2.55. The van der Waals surface area contributed by atoms with Gasteiger partial charge in [-0.15, -0.1) is 5.48 Å². The molecule has 1 aromatic heterocycles. The van der Waals surface area contributed by atoms with E-state index >= 15 is 0 Å². The van der Waals surface area contributed by atoms with Crippen LogP contribution in [0.1, 0.15) is 18.0 Å². The van der Waals surface area contributed by atoms with E-state index in [9.17, 15) is 4.79 Å². The lowest BCUT2D eigenvalue weighted by molar-refractivity contribution is -0.137. The van der Waals surface area contributed by atoms with Gasteiger partial charge in [-0.25, -0.2) is 4.98 Å². The van der Waals surface area contributed by atoms with Gasteiger partial charge in [0.25, 0.3) is 0 Å². The number of rotatable bonds is 4. The lowest BCUT2D eigenvalue weighted by atomic mass is 9.97. The molecule has 1 N–H and O–H groups in total. The molecule has 0 saturated heterocycles. The molecule has 1 aliphatic rings. The maximum Gasteiger partial charge on any atom is 0.312 e. The van der Waals surface area contributed by atoms with Gasteiger partial charge in [-0.3, -0.25) is 4.79 Å². The first kappa shape index (κ1) is 12.6. The summed E-state index contributed by atoms with van der Waals surface area (Å²) in [6, 6.07) is 14.0. The number of hydrogen-bond donors (Lipinski definition) is 1. The van der Waals surface area contributed by atoms with Crippen LogP contribution in [0.15, 0.2) is 48.7 Å². The number of pyridine rings is 1. The summed E-state index contributed by atoms with van der Waals surface area (Å²) in [5.74, 6) is 0.926. The highest BCUT2D eigenvalue weighted by Gasteiger charge is 2.26. The van der Waals surface area contributed by atoms with Gasteiger partial charge in [0.05, 0.1) is 6.04 Å². The summed E-state index contributed by atoms with van der Waals surface area (Å²) in [4.78, 5) is 21.6. The van der Waals surface area contributed by atoms with Gasteiger partial charge < -0.3 is 9.74 Å². The van der Waals surface area contributed by atoms with Crippen LogP contribution in [-0.2, 0) is 9.63 Å². The van der Waals surface area contributed by atoms with E-state index in [0.717, 1.165) is 30.0 Å². The molecule has 5 nitrogen and oxygen atoms in total. The van der Waals surface area contributed by atoms with Gasteiger partial charge in [-0.2, -0.15) is 0 Å². The fraction of sp³-hybridized carbons (Fsp3) is 0.200. The second kappa shape index (κ2) is 5.71. The van der Waals surface area contributed by atoms with Crippen LogP contribution >= 0.6 is 0 Å². The van der Waals surface area contributed by atoms with Crippen molar-refractivity contribution in [2.45, 2.75) is 12.5 Å². The summed E-state index contributed by atoms with van der Waals surface area (Å²) in [6.07, 6.45) is 2.62. The Morgan fingerprint density at radius 1 is 1.25 bits per heavy atom. The molecule has 0 spiro atoms. The number of fused-ring (bicyclic) bond motifs is 1. The van der Waals surface area contributed by atoms with Gasteiger partial charge in [-0.05, 0) is 30.2 Å². The average Bonchev–Trinajstić information content (AvgIpc) is 2.53. The van der Waals surface area contributed by atoms with E-state index in [2.05, 4.69) is 21.4 Å². The number of anilines is 2. The Bertz CT molecular complexity index is 589. The molecule has 3 rings (SSSR count). The molecule has 102 valence electrons. The van der Waals surface area contributed by atoms with E-state index in [1.165, 1.54) is 0 Å². The summed E-state index contributed by atoms with van der Waals surface area (Å²) < 4.78 is 0. The van der Waals surface area contributed by atoms with Gasteiger partial charge in [-0.1, -0.05) is 24.3 Å². The number of nitrogens with one attached hydrogen (secondary N) is 1. The third-order valence-electron chi connectivity index (χ3n) is 3.43. The van der Waals surface area contributed by atoms with Crippen LogP contribution in [0.3, 0.4) is 0 Å². The number of hydroxylamine groups is 1. The first-order chi connectivity index (χ1) is 9.90. The quantitative estimate of drug-likeness (QED) is 0.682. The van der Waals surface area contributed by atoms with Gasteiger partial charge in [0.1, 0.15) is 5.82 Å². The Kier molecular flexibility index (Phi) is 3.60. The number of benzene rings is 1. The largest absolute Gasteiger partial charge is 0.373 e. The zero-order valence-corrected chi connectivity index (χ0v) is 10.9. The van der Waals surface area contributed by atoms with Gasteiger partial charge in [0, 0.05) is 18.4 Å². The predicted octanol–water partition coefficient (Wildman–Crippen LogP) is 2.34. The van der Waals surface area contributed by atoms with Crippen LogP contribution in [-0.4, -0.2) is 18.0 Å². The molecule has 1 aromatic carbocycles. The van der Waals surface area contributed by atoms with E-state index < -0.39 is 0 Å². The molecule has 0 radical (unpaired) electrons. The van der Waals surface area contributed by atoms with Crippen molar-refractivity contribution in [1.82, 2.24) is 10.5 Å². The molecule has 20 heavy (non-hydrogen) atoms. The topological polar surface area (TPSA) is 54.5 Å². The van der Waals surface area contributed by atoms with E-state index in [-0.39, 0.29) is 6.04 Å². The second-order valence-electron chi connectivity index (χ2n) is 4.57. The molecule has 2 heterocycles. The summed E-state index contributed by atoms with van der Waals surface area (Å²) >= 11 is 0. The Balaban J connectivity index is 1.94. The summed E-state index contributed by atoms with van der Waals surface area (Å²) in [6.45, 7) is 1.22. The first-order valence-electron chi connectivity index (χ1n) is 6.52. The van der Waals surface area contributed by atoms with Crippen molar-refractivity contribution in [3.63, 3.8) is 0 Å². The van der Waals surface area contributed by atoms with Crippen LogP contribution in [0, 0.1) is 0 Å². The minimum absolute atomic E-state index is 0.0105. The van der Waals surface area contributed by atoms with Gasteiger partial charge in [0.15, 0.2) is 0 Å². The number of aromatic nitrogens is 1. The predicted molar refractivity (Wildman–Crippen MR) is 75.3 cm³/mol. The lowest BCUT2D eigenvalue weighted by Gasteiger charge is -2.34. The molecule has 1 atom stereocenters. The normalized spacial score (nSPS) is 17.4. The minimum Gasteiger partial charge on any atom is -0.373 e. The standard InChI is InChI=1S/C15H15N3O2/c19-11-20-17-13-8-10-18(15-7-3-4-9-16-15)14-6-2-1-5-12(13)14/h1-7,9,11,13,17H,8,10H2. The van der Waals surface area contributed by atoms with Crippen molar-refractivity contribution in [2.24, 2.45) is 0 Å². The minimum atomic E-state index is 0.0105. The highest BCUT2D eigenvalue weighted by molar-refractivity contribution is 5.66. The van der Waals surface area contributed by atoms with Crippen molar-refractivity contribution in [3.8, 4) is 0 Å². The van der Waals surface area contributed by atoms with Crippen molar-refractivity contribution in [1.29, 1.82) is 0 Å². The van der Waals surface area contributed by atoms with Crippen molar-refractivity contribution in [2.75, 3.05) is 11.4 Å². The maximum atomic E-state index is 10.3. The Labute approximate surface area is 117 Å². The summed E-state index contributed by atoms with van der Waals surface area (Å²) in [5, 5.41) is 0. The molecule has 1 aliphatic heterocycles. The highest BCUT2D eigenvalue weighted by Crippen LogP contribution is 2.37. The fourth-order valence-electron chi connectivity index (χ4n) is 2.55. The molecule has 5 heteroatoms. The lowest BCUT2D eigenvalue weighted by Crippen LogP contribution is -2.33.